The molecule has 4 nitrogen and oxygen atoms in total. The van der Waals surface area contributed by atoms with Gasteiger partial charge in [0.15, 0.2) is 0 Å². The SMILES string of the molecule is CCCN1C(=O)CCCN1CCC(C)O. The van der Waals surface area contributed by atoms with Crippen LogP contribution >= 0.6 is 0 Å². The molecule has 0 aromatic carbocycles. The number of carbonyl (C=O) groups excluding carboxylic acids is 1. The molecule has 0 saturated carbocycles. The van der Waals surface area contributed by atoms with E-state index in [-0.39, 0.29) is 12.0 Å². The maximum absolute atomic E-state index is 11.7. The molecule has 0 spiro atoms. The quantitative estimate of drug-likeness (QED) is 0.742. The van der Waals surface area contributed by atoms with Crippen LogP contribution in [0.3, 0.4) is 0 Å². The Kier molecular flexibility index (Phi) is 5.05. The van der Waals surface area contributed by atoms with E-state index >= 15 is 0 Å². The lowest BCUT2D eigenvalue weighted by Gasteiger charge is -2.38. The Bertz CT molecular complexity index is 207. The average molecular weight is 214 g/mol. The monoisotopic (exact) mass is 214 g/mol. The summed E-state index contributed by atoms with van der Waals surface area (Å²) in [7, 11) is 0. The number of hydrogen-bond acceptors (Lipinski definition) is 3. The maximum Gasteiger partial charge on any atom is 0.236 e. The van der Waals surface area contributed by atoms with E-state index in [1.807, 2.05) is 5.01 Å². The van der Waals surface area contributed by atoms with Crippen molar-refractivity contribution >= 4 is 5.91 Å². The fourth-order valence-electron chi connectivity index (χ4n) is 1.87. The second-order valence-corrected chi connectivity index (χ2v) is 4.21. The minimum atomic E-state index is -0.287. The van der Waals surface area contributed by atoms with E-state index in [9.17, 15) is 9.90 Å². The first-order valence-corrected chi connectivity index (χ1v) is 5.88. The number of aliphatic hydroxyl groups is 1. The van der Waals surface area contributed by atoms with Crippen molar-refractivity contribution in [2.75, 3.05) is 19.6 Å². The summed E-state index contributed by atoms with van der Waals surface area (Å²) in [5.41, 5.74) is 0. The van der Waals surface area contributed by atoms with Gasteiger partial charge < -0.3 is 5.11 Å². The van der Waals surface area contributed by atoms with Gasteiger partial charge in [0.1, 0.15) is 0 Å². The van der Waals surface area contributed by atoms with Gasteiger partial charge in [-0.15, -0.1) is 0 Å². The molecule has 1 saturated heterocycles. The van der Waals surface area contributed by atoms with Crippen molar-refractivity contribution in [2.45, 2.75) is 45.6 Å². The van der Waals surface area contributed by atoms with Crippen LogP contribution < -0.4 is 0 Å². The third-order valence-corrected chi connectivity index (χ3v) is 2.68. The molecular weight excluding hydrogens is 192 g/mol. The third kappa shape index (κ3) is 3.80. The smallest absolute Gasteiger partial charge is 0.236 e. The van der Waals surface area contributed by atoms with Gasteiger partial charge >= 0.3 is 0 Å². The highest BCUT2D eigenvalue weighted by Gasteiger charge is 2.24. The van der Waals surface area contributed by atoms with Gasteiger partial charge in [-0.05, 0) is 26.2 Å². The maximum atomic E-state index is 11.7. The zero-order valence-electron chi connectivity index (χ0n) is 9.78. The first-order valence-electron chi connectivity index (χ1n) is 5.88. The Morgan fingerprint density at radius 1 is 1.47 bits per heavy atom. The Morgan fingerprint density at radius 3 is 2.80 bits per heavy atom. The number of hydrazine groups is 1. The van der Waals surface area contributed by atoms with Gasteiger partial charge in [0.2, 0.25) is 5.91 Å². The van der Waals surface area contributed by atoms with Crippen LogP contribution in [0.1, 0.15) is 39.5 Å². The normalized spacial score (nSPS) is 20.7. The molecule has 1 amide bonds. The number of amides is 1. The van der Waals surface area contributed by atoms with E-state index in [4.69, 9.17) is 0 Å². The fraction of sp³-hybridized carbons (Fsp3) is 0.909. The van der Waals surface area contributed by atoms with E-state index in [0.29, 0.717) is 6.42 Å². The topological polar surface area (TPSA) is 43.8 Å². The standard InChI is InChI=1S/C11H22N2O2/c1-3-7-13-11(15)5-4-8-12(13)9-6-10(2)14/h10,14H,3-9H2,1-2H3. The van der Waals surface area contributed by atoms with E-state index < -0.39 is 0 Å². The average Bonchev–Trinajstić information content (AvgIpc) is 2.19. The summed E-state index contributed by atoms with van der Waals surface area (Å²) in [4.78, 5) is 11.7. The van der Waals surface area contributed by atoms with Gasteiger partial charge in [-0.3, -0.25) is 9.80 Å². The summed E-state index contributed by atoms with van der Waals surface area (Å²) in [5, 5.41) is 13.2. The highest BCUT2D eigenvalue weighted by Crippen LogP contribution is 2.13. The van der Waals surface area contributed by atoms with Gasteiger partial charge in [0.05, 0.1) is 6.10 Å². The molecular formula is C11H22N2O2. The lowest BCUT2D eigenvalue weighted by molar-refractivity contribution is -0.156. The van der Waals surface area contributed by atoms with Crippen LogP contribution in [0.2, 0.25) is 0 Å². The summed E-state index contributed by atoms with van der Waals surface area (Å²) in [5.74, 6) is 0.230. The van der Waals surface area contributed by atoms with Gasteiger partial charge in [0.25, 0.3) is 0 Å². The molecule has 1 rings (SSSR count). The zero-order chi connectivity index (χ0) is 11.3. The predicted octanol–water partition coefficient (Wildman–Crippen LogP) is 1.01. The van der Waals surface area contributed by atoms with Crippen molar-refractivity contribution in [3.8, 4) is 0 Å². The highest BCUT2D eigenvalue weighted by atomic mass is 16.3. The molecule has 1 aliphatic rings. The van der Waals surface area contributed by atoms with Crippen molar-refractivity contribution in [3.63, 3.8) is 0 Å². The zero-order valence-corrected chi connectivity index (χ0v) is 9.78. The lowest BCUT2D eigenvalue weighted by atomic mass is 10.2. The van der Waals surface area contributed by atoms with Gasteiger partial charge in [-0.1, -0.05) is 6.92 Å². The first kappa shape index (κ1) is 12.5. The molecule has 0 aromatic heterocycles. The molecule has 1 atom stereocenters. The summed E-state index contributed by atoms with van der Waals surface area (Å²) >= 11 is 0. The fourth-order valence-corrected chi connectivity index (χ4v) is 1.87. The van der Waals surface area contributed by atoms with Crippen molar-refractivity contribution in [3.05, 3.63) is 0 Å². The van der Waals surface area contributed by atoms with Crippen LogP contribution in [0.5, 0.6) is 0 Å². The van der Waals surface area contributed by atoms with Gasteiger partial charge in [0, 0.05) is 26.1 Å². The third-order valence-electron chi connectivity index (χ3n) is 2.68. The molecule has 1 aliphatic heterocycles. The molecule has 0 radical (unpaired) electrons. The van der Waals surface area contributed by atoms with Crippen molar-refractivity contribution in [1.29, 1.82) is 0 Å². The van der Waals surface area contributed by atoms with Gasteiger partial charge in [-0.2, -0.15) is 0 Å². The number of hydrogen-bond donors (Lipinski definition) is 1. The Morgan fingerprint density at radius 2 is 2.20 bits per heavy atom. The van der Waals surface area contributed by atoms with Crippen LogP contribution in [-0.4, -0.2) is 46.8 Å². The number of rotatable bonds is 5. The molecule has 1 unspecified atom stereocenters. The Hall–Kier alpha value is -0.610. The number of nitrogens with zero attached hydrogens (tertiary/aromatic N) is 2. The van der Waals surface area contributed by atoms with Crippen molar-refractivity contribution in [2.24, 2.45) is 0 Å². The summed E-state index contributed by atoms with van der Waals surface area (Å²) in [6, 6.07) is 0. The summed E-state index contributed by atoms with van der Waals surface area (Å²) in [6.45, 7) is 6.39. The van der Waals surface area contributed by atoms with E-state index in [1.165, 1.54) is 0 Å². The molecule has 0 aliphatic carbocycles. The molecule has 0 aromatic rings. The largest absolute Gasteiger partial charge is 0.393 e. The number of carbonyl (C=O) groups is 1. The molecule has 4 heteroatoms. The predicted molar refractivity (Wildman–Crippen MR) is 59.1 cm³/mol. The second-order valence-electron chi connectivity index (χ2n) is 4.21. The number of aliphatic hydroxyl groups excluding tert-OH is 1. The Balaban J connectivity index is 2.46. The minimum Gasteiger partial charge on any atom is -0.393 e. The summed E-state index contributed by atoms with van der Waals surface area (Å²) < 4.78 is 0. The highest BCUT2D eigenvalue weighted by molar-refractivity contribution is 5.76. The van der Waals surface area contributed by atoms with Crippen LogP contribution in [0.15, 0.2) is 0 Å². The van der Waals surface area contributed by atoms with Crippen LogP contribution in [-0.2, 0) is 4.79 Å². The van der Waals surface area contributed by atoms with Crippen LogP contribution in [0.25, 0.3) is 0 Å². The molecule has 1 fully saturated rings. The van der Waals surface area contributed by atoms with Gasteiger partial charge in [-0.25, -0.2) is 5.01 Å². The molecule has 15 heavy (non-hydrogen) atoms. The Labute approximate surface area is 91.8 Å². The van der Waals surface area contributed by atoms with E-state index in [0.717, 1.165) is 38.9 Å². The van der Waals surface area contributed by atoms with Crippen molar-refractivity contribution in [1.82, 2.24) is 10.0 Å². The van der Waals surface area contributed by atoms with Crippen molar-refractivity contribution < 1.29 is 9.90 Å². The molecule has 88 valence electrons. The minimum absolute atomic E-state index is 0.230. The molecule has 0 bridgehead atoms. The van der Waals surface area contributed by atoms with Crippen LogP contribution in [0.4, 0.5) is 0 Å². The molecule has 1 N–H and O–H groups in total. The van der Waals surface area contributed by atoms with E-state index in [2.05, 4.69) is 11.9 Å². The molecule has 1 heterocycles. The van der Waals surface area contributed by atoms with Crippen LogP contribution in [0, 0.1) is 0 Å². The first-order chi connectivity index (χ1) is 7.15. The lowest BCUT2D eigenvalue weighted by Crippen LogP contribution is -2.51. The van der Waals surface area contributed by atoms with E-state index in [1.54, 1.807) is 6.92 Å². The second kappa shape index (κ2) is 6.08. The summed E-state index contributed by atoms with van der Waals surface area (Å²) in [6.07, 6.45) is 3.04.